The number of halogens is 3. The number of hydrogen-bond donors (Lipinski definition) is 0. The fourth-order valence-electron chi connectivity index (χ4n) is 4.85. The molecule has 0 bridgehead atoms. The van der Waals surface area contributed by atoms with Gasteiger partial charge in [-0.05, 0) is 106 Å². The standard InChI is InChI=1S/C32H27BrI2N2O6S/c1-5-42-31(39)27-17(2)36-32-37(28(27)20-14-24(40-3)25(41-4)15-21(20)33)30(38)26(44-32)13-19-11-22(34)29(23(35)12-19)43-16-18-9-7-6-8-10-18/h6-15,28H,5,16H2,1-4H3/b26-13-/t28-/m0/s1. The zero-order valence-electron chi connectivity index (χ0n) is 24.2. The average molecular weight is 901 g/mol. The second-order valence-electron chi connectivity index (χ2n) is 9.62. The Kier molecular flexibility index (Phi) is 10.5. The molecule has 0 saturated carbocycles. The Morgan fingerprint density at radius 2 is 1.73 bits per heavy atom. The number of allylic oxidation sites excluding steroid dienone is 1. The molecule has 0 amide bonds. The first-order chi connectivity index (χ1) is 21.2. The number of ether oxygens (including phenoxy) is 4. The molecule has 0 N–H and O–H groups in total. The molecule has 2 heterocycles. The SMILES string of the molecule is CCOC(=O)C1=C(C)N=c2s/c(=C\c3cc(I)c(OCc4ccccc4)c(I)c3)c(=O)n2[C@H]1c1cc(OC)c(OC)cc1Br. The van der Waals surface area contributed by atoms with Crippen LogP contribution in [0.2, 0.25) is 0 Å². The van der Waals surface area contributed by atoms with Crippen LogP contribution in [0.1, 0.15) is 36.6 Å². The lowest BCUT2D eigenvalue weighted by Crippen LogP contribution is -2.40. The maximum Gasteiger partial charge on any atom is 0.338 e. The Bertz CT molecular complexity index is 1930. The fourth-order valence-corrected chi connectivity index (χ4v) is 8.56. The van der Waals surface area contributed by atoms with Gasteiger partial charge in [0.15, 0.2) is 16.3 Å². The molecule has 228 valence electrons. The van der Waals surface area contributed by atoms with Crippen LogP contribution in [0.25, 0.3) is 6.08 Å². The highest BCUT2D eigenvalue weighted by atomic mass is 127. The van der Waals surface area contributed by atoms with E-state index >= 15 is 0 Å². The molecule has 0 saturated heterocycles. The van der Waals surface area contributed by atoms with E-state index in [-0.39, 0.29) is 17.7 Å². The van der Waals surface area contributed by atoms with E-state index < -0.39 is 12.0 Å². The number of nitrogens with zero attached hydrogens (tertiary/aromatic N) is 2. The number of esters is 1. The Morgan fingerprint density at radius 1 is 1.07 bits per heavy atom. The van der Waals surface area contributed by atoms with E-state index in [1.807, 2.05) is 48.5 Å². The lowest BCUT2D eigenvalue weighted by Gasteiger charge is -2.26. The van der Waals surface area contributed by atoms with Gasteiger partial charge in [-0.15, -0.1) is 0 Å². The van der Waals surface area contributed by atoms with Crippen LogP contribution in [-0.4, -0.2) is 31.4 Å². The van der Waals surface area contributed by atoms with Gasteiger partial charge in [0, 0.05) is 4.47 Å². The summed E-state index contributed by atoms with van der Waals surface area (Å²) in [7, 11) is 3.08. The van der Waals surface area contributed by atoms with Crippen LogP contribution >= 0.6 is 72.4 Å². The van der Waals surface area contributed by atoms with Crippen LogP contribution in [0.5, 0.6) is 17.2 Å². The second kappa shape index (κ2) is 14.2. The molecule has 12 heteroatoms. The molecule has 1 atom stereocenters. The van der Waals surface area contributed by atoms with Crippen molar-refractivity contribution < 1.29 is 23.7 Å². The Hall–Kier alpha value is -2.69. The largest absolute Gasteiger partial charge is 0.493 e. The number of hydrogen-bond acceptors (Lipinski definition) is 8. The maximum absolute atomic E-state index is 14.1. The molecule has 0 fully saturated rings. The predicted molar refractivity (Wildman–Crippen MR) is 190 cm³/mol. The van der Waals surface area contributed by atoms with Crippen molar-refractivity contribution in [2.75, 3.05) is 20.8 Å². The summed E-state index contributed by atoms with van der Waals surface area (Å²) in [5.41, 5.74) is 3.05. The van der Waals surface area contributed by atoms with Gasteiger partial charge in [-0.3, -0.25) is 9.36 Å². The minimum absolute atomic E-state index is 0.183. The van der Waals surface area contributed by atoms with Crippen molar-refractivity contribution in [3.63, 3.8) is 0 Å². The third kappa shape index (κ3) is 6.63. The number of carbonyl (C=O) groups is 1. The van der Waals surface area contributed by atoms with Crippen LogP contribution in [0.15, 0.2) is 80.1 Å². The van der Waals surface area contributed by atoms with Gasteiger partial charge in [0.25, 0.3) is 5.56 Å². The topological polar surface area (TPSA) is 88.4 Å². The molecule has 1 aliphatic rings. The summed E-state index contributed by atoms with van der Waals surface area (Å²) in [6, 6.07) is 16.7. The van der Waals surface area contributed by atoms with Crippen LogP contribution < -0.4 is 29.1 Å². The summed E-state index contributed by atoms with van der Waals surface area (Å²) < 4.78 is 27.1. The monoisotopic (exact) mass is 900 g/mol. The quantitative estimate of drug-likeness (QED) is 0.144. The van der Waals surface area contributed by atoms with Crippen LogP contribution in [0, 0.1) is 7.14 Å². The summed E-state index contributed by atoms with van der Waals surface area (Å²) in [5.74, 6) is 1.23. The van der Waals surface area contributed by atoms with Gasteiger partial charge in [0.1, 0.15) is 12.4 Å². The zero-order valence-corrected chi connectivity index (χ0v) is 30.9. The smallest absolute Gasteiger partial charge is 0.338 e. The van der Waals surface area contributed by atoms with Crippen LogP contribution in [0.3, 0.4) is 0 Å². The summed E-state index contributed by atoms with van der Waals surface area (Å²) in [6.45, 7) is 4.13. The number of benzene rings is 3. The second-order valence-corrected chi connectivity index (χ2v) is 13.8. The van der Waals surface area contributed by atoms with Crippen molar-refractivity contribution in [2.45, 2.75) is 26.5 Å². The van der Waals surface area contributed by atoms with Crippen molar-refractivity contribution in [3.05, 3.63) is 114 Å². The van der Waals surface area contributed by atoms with Crippen molar-refractivity contribution in [1.29, 1.82) is 0 Å². The van der Waals surface area contributed by atoms with Crippen molar-refractivity contribution in [3.8, 4) is 17.2 Å². The lowest BCUT2D eigenvalue weighted by molar-refractivity contribution is -0.139. The average Bonchev–Trinajstić information content (AvgIpc) is 3.30. The van der Waals surface area contributed by atoms with E-state index in [1.54, 1.807) is 37.7 Å². The van der Waals surface area contributed by atoms with Crippen molar-refractivity contribution in [2.24, 2.45) is 4.99 Å². The van der Waals surface area contributed by atoms with Crippen LogP contribution in [0.4, 0.5) is 0 Å². The molecule has 0 spiro atoms. The van der Waals surface area contributed by atoms with Gasteiger partial charge in [-0.25, -0.2) is 9.79 Å². The minimum atomic E-state index is -0.810. The molecule has 1 aliphatic heterocycles. The van der Waals surface area contributed by atoms with Gasteiger partial charge in [-0.2, -0.15) is 0 Å². The van der Waals surface area contributed by atoms with E-state index in [4.69, 9.17) is 18.9 Å². The van der Waals surface area contributed by atoms with Gasteiger partial charge < -0.3 is 18.9 Å². The molecule has 1 aromatic heterocycles. The number of aromatic nitrogens is 1. The highest BCUT2D eigenvalue weighted by Gasteiger charge is 2.35. The molecule has 0 unspecified atom stereocenters. The predicted octanol–water partition coefficient (Wildman–Crippen LogP) is 6.37. The maximum atomic E-state index is 14.1. The number of rotatable bonds is 9. The number of carbonyl (C=O) groups excluding carboxylic acids is 1. The molecule has 5 rings (SSSR count). The third-order valence-electron chi connectivity index (χ3n) is 6.86. The molecular weight excluding hydrogens is 874 g/mol. The number of thiazole rings is 1. The molecule has 0 aliphatic carbocycles. The molecule has 44 heavy (non-hydrogen) atoms. The van der Waals surface area contributed by atoms with Crippen molar-refractivity contribution >= 4 is 84.5 Å². The molecule has 4 aromatic rings. The Morgan fingerprint density at radius 3 is 2.36 bits per heavy atom. The van der Waals surface area contributed by atoms with E-state index in [0.29, 0.717) is 43.2 Å². The van der Waals surface area contributed by atoms with E-state index in [2.05, 4.69) is 66.1 Å². The molecular formula is C32H27BrI2N2O6S. The van der Waals surface area contributed by atoms with Gasteiger partial charge in [0.05, 0.1) is 49.8 Å². The van der Waals surface area contributed by atoms with E-state index in [0.717, 1.165) is 24.0 Å². The first-order valence-electron chi connectivity index (χ1n) is 13.4. The summed E-state index contributed by atoms with van der Waals surface area (Å²) in [5, 5.41) is 0. The third-order valence-corrected chi connectivity index (χ3v) is 10.1. The van der Waals surface area contributed by atoms with Crippen molar-refractivity contribution in [1.82, 2.24) is 4.57 Å². The van der Waals surface area contributed by atoms with E-state index in [9.17, 15) is 9.59 Å². The van der Waals surface area contributed by atoms with Crippen LogP contribution in [-0.2, 0) is 16.1 Å². The first kappa shape index (κ1) is 32.7. The molecule has 3 aromatic carbocycles. The van der Waals surface area contributed by atoms with Gasteiger partial charge in [0.2, 0.25) is 0 Å². The van der Waals surface area contributed by atoms with Gasteiger partial charge >= 0.3 is 5.97 Å². The minimum Gasteiger partial charge on any atom is -0.493 e. The highest BCUT2D eigenvalue weighted by Crippen LogP contribution is 2.41. The Labute approximate surface area is 293 Å². The highest BCUT2D eigenvalue weighted by molar-refractivity contribution is 14.1. The number of methoxy groups -OCH3 is 2. The molecule has 8 nitrogen and oxygen atoms in total. The summed E-state index contributed by atoms with van der Waals surface area (Å²) >= 11 is 9.41. The molecule has 0 radical (unpaired) electrons. The first-order valence-corrected chi connectivity index (χ1v) is 17.2. The normalized spacial score (nSPS) is 14.6. The fraction of sp³-hybridized carbons (Fsp3) is 0.219. The summed E-state index contributed by atoms with van der Waals surface area (Å²) in [4.78, 5) is 32.6. The summed E-state index contributed by atoms with van der Waals surface area (Å²) in [6.07, 6.45) is 1.85. The van der Waals surface area contributed by atoms with E-state index in [1.165, 1.54) is 18.4 Å². The zero-order chi connectivity index (χ0) is 31.5. The lowest BCUT2D eigenvalue weighted by atomic mass is 9.95. The van der Waals surface area contributed by atoms with Gasteiger partial charge in [-0.1, -0.05) is 57.6 Å². The Balaban J connectivity index is 1.62. The number of fused-ring (bicyclic) bond motifs is 1.